The predicted molar refractivity (Wildman–Crippen MR) is 82.4 cm³/mol. The van der Waals surface area contributed by atoms with Crippen molar-refractivity contribution in [3.8, 4) is 0 Å². The van der Waals surface area contributed by atoms with Gasteiger partial charge in [-0.1, -0.05) is 37.6 Å². The fourth-order valence-corrected chi connectivity index (χ4v) is 3.32. The Labute approximate surface area is 121 Å². The summed E-state index contributed by atoms with van der Waals surface area (Å²) in [7, 11) is 0. The topological polar surface area (TPSA) is 29.3 Å². The summed E-state index contributed by atoms with van der Waals surface area (Å²) < 4.78 is 0. The number of nitrogens with zero attached hydrogens (tertiary/aromatic N) is 1. The minimum absolute atomic E-state index is 0.170. The smallest absolute Gasteiger partial charge is 0.0499 e. The molecule has 0 spiro atoms. The van der Waals surface area contributed by atoms with Gasteiger partial charge in [-0.25, -0.2) is 0 Å². The zero-order valence-electron chi connectivity index (χ0n) is 12.0. The summed E-state index contributed by atoms with van der Waals surface area (Å²) in [5.41, 5.74) is 7.65. The number of nitrogens with two attached hydrogens (primary N) is 1. The van der Waals surface area contributed by atoms with E-state index in [0.717, 1.165) is 30.5 Å². The van der Waals surface area contributed by atoms with E-state index in [4.69, 9.17) is 17.3 Å². The zero-order chi connectivity index (χ0) is 13.8. The van der Waals surface area contributed by atoms with E-state index in [1.165, 1.54) is 18.4 Å². The fourth-order valence-electron chi connectivity index (χ4n) is 3.12. The lowest BCUT2D eigenvalue weighted by molar-refractivity contribution is 0.111. The van der Waals surface area contributed by atoms with E-state index in [0.29, 0.717) is 6.04 Å². The summed E-state index contributed by atoms with van der Waals surface area (Å²) in [6.07, 6.45) is 3.59. The normalized spacial score (nSPS) is 24.1. The van der Waals surface area contributed by atoms with E-state index in [-0.39, 0.29) is 6.04 Å². The van der Waals surface area contributed by atoms with Gasteiger partial charge in [-0.2, -0.15) is 0 Å². The highest BCUT2D eigenvalue weighted by Crippen LogP contribution is 2.30. The molecule has 0 radical (unpaired) electrons. The maximum atomic E-state index is 6.39. The Morgan fingerprint density at radius 2 is 2.26 bits per heavy atom. The maximum Gasteiger partial charge on any atom is 0.0499 e. The number of benzene rings is 1. The number of hydrogen-bond donors (Lipinski definition) is 1. The van der Waals surface area contributed by atoms with Crippen molar-refractivity contribution in [3.05, 3.63) is 34.9 Å². The molecule has 19 heavy (non-hydrogen) atoms. The molecular formula is C16H25ClN2. The predicted octanol–water partition coefficient (Wildman–Crippen LogP) is 3.85. The van der Waals surface area contributed by atoms with Gasteiger partial charge in [0.05, 0.1) is 0 Å². The second-order valence-corrected chi connectivity index (χ2v) is 6.25. The number of piperidine rings is 1. The standard InChI is InChI=1S/C16H25ClN2/c1-3-15(18)16(13-7-4-8-14(17)10-13)19-9-5-6-12(2)11-19/h4,7-8,10,12,15-16H,3,5-6,9,11,18H2,1-2H3. The Kier molecular flexibility index (Phi) is 5.26. The Balaban J connectivity index is 2.25. The summed E-state index contributed by atoms with van der Waals surface area (Å²) in [5, 5.41) is 0.802. The zero-order valence-corrected chi connectivity index (χ0v) is 12.7. The molecule has 1 aromatic rings. The number of hydrogen-bond acceptors (Lipinski definition) is 2. The van der Waals surface area contributed by atoms with Crippen LogP contribution in [0.3, 0.4) is 0 Å². The van der Waals surface area contributed by atoms with E-state index in [2.05, 4.69) is 30.9 Å². The highest BCUT2D eigenvalue weighted by Gasteiger charge is 2.28. The first-order valence-corrected chi connectivity index (χ1v) is 7.74. The summed E-state index contributed by atoms with van der Waals surface area (Å²) >= 11 is 6.15. The van der Waals surface area contributed by atoms with Gasteiger partial charge in [-0.3, -0.25) is 4.90 Å². The van der Waals surface area contributed by atoms with Crippen LogP contribution in [0.25, 0.3) is 0 Å². The molecule has 0 saturated carbocycles. The molecular weight excluding hydrogens is 256 g/mol. The first kappa shape index (κ1) is 14.8. The van der Waals surface area contributed by atoms with Crippen LogP contribution in [0.5, 0.6) is 0 Å². The average Bonchev–Trinajstić information content (AvgIpc) is 2.39. The molecule has 2 N–H and O–H groups in total. The number of halogens is 1. The quantitative estimate of drug-likeness (QED) is 0.908. The van der Waals surface area contributed by atoms with Crippen LogP contribution in [0.1, 0.15) is 44.7 Å². The third-order valence-electron chi connectivity index (χ3n) is 4.15. The molecule has 3 atom stereocenters. The van der Waals surface area contributed by atoms with Crippen LogP contribution in [-0.2, 0) is 0 Å². The van der Waals surface area contributed by atoms with Gasteiger partial charge in [0.2, 0.25) is 0 Å². The molecule has 3 heteroatoms. The molecule has 2 rings (SSSR count). The molecule has 1 fully saturated rings. The molecule has 3 unspecified atom stereocenters. The van der Waals surface area contributed by atoms with E-state index >= 15 is 0 Å². The Morgan fingerprint density at radius 3 is 2.89 bits per heavy atom. The minimum Gasteiger partial charge on any atom is -0.326 e. The maximum absolute atomic E-state index is 6.39. The molecule has 106 valence electrons. The molecule has 1 aliphatic heterocycles. The summed E-state index contributed by atoms with van der Waals surface area (Å²) in [6.45, 7) is 6.79. The van der Waals surface area contributed by atoms with Crippen LogP contribution >= 0.6 is 11.6 Å². The third kappa shape index (κ3) is 3.71. The lowest BCUT2D eigenvalue weighted by Crippen LogP contribution is -2.45. The van der Waals surface area contributed by atoms with Crippen LogP contribution in [0.15, 0.2) is 24.3 Å². The van der Waals surface area contributed by atoms with Crippen molar-refractivity contribution < 1.29 is 0 Å². The fraction of sp³-hybridized carbons (Fsp3) is 0.625. The van der Waals surface area contributed by atoms with Crippen molar-refractivity contribution in [1.29, 1.82) is 0 Å². The van der Waals surface area contributed by atoms with Gasteiger partial charge in [0.15, 0.2) is 0 Å². The van der Waals surface area contributed by atoms with Gasteiger partial charge in [0.25, 0.3) is 0 Å². The van der Waals surface area contributed by atoms with Gasteiger partial charge < -0.3 is 5.73 Å². The van der Waals surface area contributed by atoms with Gasteiger partial charge >= 0.3 is 0 Å². The third-order valence-corrected chi connectivity index (χ3v) is 4.38. The van der Waals surface area contributed by atoms with E-state index in [1.54, 1.807) is 0 Å². The van der Waals surface area contributed by atoms with Gasteiger partial charge in [0, 0.05) is 23.7 Å². The SMILES string of the molecule is CCC(N)C(c1cccc(Cl)c1)N1CCCC(C)C1. The van der Waals surface area contributed by atoms with Crippen LogP contribution in [0.4, 0.5) is 0 Å². The molecule has 0 aliphatic carbocycles. The van der Waals surface area contributed by atoms with Crippen molar-refractivity contribution in [3.63, 3.8) is 0 Å². The van der Waals surface area contributed by atoms with Crippen molar-refractivity contribution in [2.45, 2.75) is 45.2 Å². The van der Waals surface area contributed by atoms with Crippen LogP contribution in [0.2, 0.25) is 5.02 Å². The monoisotopic (exact) mass is 280 g/mol. The second-order valence-electron chi connectivity index (χ2n) is 5.81. The Hall–Kier alpha value is -0.570. The molecule has 1 heterocycles. The molecule has 1 aromatic carbocycles. The van der Waals surface area contributed by atoms with Gasteiger partial charge in [-0.05, 0) is 49.4 Å². The van der Waals surface area contributed by atoms with Crippen molar-refractivity contribution >= 4 is 11.6 Å². The first-order valence-electron chi connectivity index (χ1n) is 7.37. The largest absolute Gasteiger partial charge is 0.326 e. The van der Waals surface area contributed by atoms with E-state index in [9.17, 15) is 0 Å². The lowest BCUT2D eigenvalue weighted by atomic mass is 9.91. The van der Waals surface area contributed by atoms with Crippen LogP contribution in [0, 0.1) is 5.92 Å². The molecule has 2 nitrogen and oxygen atoms in total. The van der Waals surface area contributed by atoms with Crippen molar-refractivity contribution in [2.24, 2.45) is 11.7 Å². The Morgan fingerprint density at radius 1 is 1.47 bits per heavy atom. The molecule has 1 saturated heterocycles. The number of rotatable bonds is 4. The van der Waals surface area contributed by atoms with Crippen LogP contribution < -0.4 is 5.73 Å². The van der Waals surface area contributed by atoms with Crippen molar-refractivity contribution in [2.75, 3.05) is 13.1 Å². The molecule has 0 amide bonds. The highest BCUT2D eigenvalue weighted by atomic mass is 35.5. The lowest BCUT2D eigenvalue weighted by Gasteiger charge is -2.40. The van der Waals surface area contributed by atoms with Gasteiger partial charge in [-0.15, -0.1) is 0 Å². The van der Waals surface area contributed by atoms with Crippen LogP contribution in [-0.4, -0.2) is 24.0 Å². The van der Waals surface area contributed by atoms with E-state index in [1.807, 2.05) is 12.1 Å². The van der Waals surface area contributed by atoms with Gasteiger partial charge in [0.1, 0.15) is 0 Å². The minimum atomic E-state index is 0.170. The summed E-state index contributed by atoms with van der Waals surface area (Å²) in [6, 6.07) is 8.65. The molecule has 0 aromatic heterocycles. The summed E-state index contributed by atoms with van der Waals surface area (Å²) in [4.78, 5) is 2.55. The summed E-state index contributed by atoms with van der Waals surface area (Å²) in [5.74, 6) is 0.763. The number of likely N-dealkylation sites (tertiary alicyclic amines) is 1. The first-order chi connectivity index (χ1) is 9.11. The molecule has 1 aliphatic rings. The Bertz CT molecular complexity index is 407. The average molecular weight is 281 g/mol. The van der Waals surface area contributed by atoms with Crippen molar-refractivity contribution in [1.82, 2.24) is 4.90 Å². The molecule has 0 bridgehead atoms. The van der Waals surface area contributed by atoms with E-state index < -0.39 is 0 Å². The second kappa shape index (κ2) is 6.74. The highest BCUT2D eigenvalue weighted by molar-refractivity contribution is 6.30.